The Balaban J connectivity index is 1.06. The fourth-order valence-electron chi connectivity index (χ4n) is 14.4. The first-order chi connectivity index (χ1) is 25.1. The van der Waals surface area contributed by atoms with Crippen LogP contribution in [0.25, 0.3) is 54.9 Å². The third-order valence-corrected chi connectivity index (χ3v) is 15.8. The zero-order valence-corrected chi connectivity index (χ0v) is 29.1. The highest BCUT2D eigenvalue weighted by Crippen LogP contribution is 2.78. The molecule has 0 aliphatic heterocycles. The van der Waals surface area contributed by atoms with Gasteiger partial charge in [0, 0.05) is 27.2 Å². The van der Waals surface area contributed by atoms with Crippen LogP contribution in [0.2, 0.25) is 0 Å². The van der Waals surface area contributed by atoms with Crippen LogP contribution in [0.3, 0.4) is 0 Å². The molecule has 4 aromatic carbocycles. The molecule has 2 aromatic heterocycles. The topological polar surface area (TPSA) is 51.8 Å². The molecular weight excluding hydrogens is 623 g/mol. The first-order valence-corrected chi connectivity index (χ1v) is 20.0. The van der Waals surface area contributed by atoms with Gasteiger partial charge in [-0.3, -0.25) is 0 Å². The largest absolute Gasteiger partial charge is 0.456 e. The number of fused-ring (bicyclic) bond motifs is 7. The van der Waals surface area contributed by atoms with Gasteiger partial charge in [0.1, 0.15) is 22.8 Å². The van der Waals surface area contributed by atoms with Gasteiger partial charge in [-0.05, 0) is 151 Å². The number of para-hydroxylation sites is 1. The highest BCUT2D eigenvalue weighted by Gasteiger charge is 2.74. The Bertz CT molecular complexity index is 2490. The highest BCUT2D eigenvalue weighted by atomic mass is 16.3. The van der Waals surface area contributed by atoms with Gasteiger partial charge >= 0.3 is 0 Å². The standard InChI is InChI=1S/C47H43N3O/c1-3-9-35-33(7-1)34-8-2-4-10-36(34)38-14-13-29(20-40(38)51-39-12-6-5-11-37(35)39)43-48-44(46-21-26-15-27(22-46)17-28(16-26)23-46)50-45(49-43)47-24-31-18-30-19-32(25-47)42(47)41(30)31/h1-14,20,26-28,30-32,41-42H,15-19,21-25H2/t26?,27?,28?,30-,31-,32?,41+,42?,46?,47?/m0/s1. The minimum atomic E-state index is 0.123. The van der Waals surface area contributed by atoms with Crippen LogP contribution in [-0.4, -0.2) is 15.0 Å². The maximum Gasteiger partial charge on any atom is 0.163 e. The monoisotopic (exact) mass is 665 g/mol. The third kappa shape index (κ3) is 3.74. The Hall–Kier alpha value is -4.31. The minimum absolute atomic E-state index is 0.123. The van der Waals surface area contributed by atoms with E-state index in [1.807, 2.05) is 0 Å². The van der Waals surface area contributed by atoms with E-state index in [0.717, 1.165) is 92.3 Å². The lowest BCUT2D eigenvalue weighted by Crippen LogP contribution is -2.51. The molecule has 0 saturated heterocycles. The van der Waals surface area contributed by atoms with Gasteiger partial charge in [0.05, 0.1) is 0 Å². The number of benzene rings is 4. The summed E-state index contributed by atoms with van der Waals surface area (Å²) in [5.41, 5.74) is 3.07. The van der Waals surface area contributed by atoms with Crippen molar-refractivity contribution >= 4 is 43.5 Å². The molecule has 4 nitrogen and oxygen atoms in total. The Kier molecular flexibility index (Phi) is 5.42. The molecule has 0 spiro atoms. The van der Waals surface area contributed by atoms with Crippen molar-refractivity contribution in [3.63, 3.8) is 0 Å². The summed E-state index contributed by atoms with van der Waals surface area (Å²) in [4.78, 5) is 16.9. The van der Waals surface area contributed by atoms with Crippen LogP contribution in [0.4, 0.5) is 0 Å². The quantitative estimate of drug-likeness (QED) is 0.189. The maximum absolute atomic E-state index is 7.03. The average molecular weight is 666 g/mol. The zero-order chi connectivity index (χ0) is 33.1. The predicted octanol–water partition coefficient (Wildman–Crippen LogP) is 11.3. The smallest absolute Gasteiger partial charge is 0.163 e. The summed E-state index contributed by atoms with van der Waals surface area (Å²) in [6, 6.07) is 32.8. The van der Waals surface area contributed by atoms with Crippen molar-refractivity contribution in [2.75, 3.05) is 0 Å². The molecule has 6 atom stereocenters. The van der Waals surface area contributed by atoms with Crippen molar-refractivity contribution in [3.8, 4) is 11.4 Å². The van der Waals surface area contributed by atoms with Gasteiger partial charge in [0.15, 0.2) is 5.82 Å². The van der Waals surface area contributed by atoms with Gasteiger partial charge in [0.25, 0.3) is 0 Å². The maximum atomic E-state index is 7.03. The van der Waals surface area contributed by atoms with Crippen molar-refractivity contribution in [1.29, 1.82) is 0 Å². The second-order valence-electron chi connectivity index (χ2n) is 18.3. The van der Waals surface area contributed by atoms with Gasteiger partial charge in [-0.15, -0.1) is 0 Å². The molecule has 8 aliphatic carbocycles. The second-order valence-corrected chi connectivity index (χ2v) is 18.3. The van der Waals surface area contributed by atoms with Crippen molar-refractivity contribution in [1.82, 2.24) is 15.0 Å². The Labute approximate surface area is 298 Å². The molecule has 252 valence electrons. The molecule has 2 heterocycles. The van der Waals surface area contributed by atoms with Crippen LogP contribution >= 0.6 is 0 Å². The fraction of sp³-hybridized carbons (Fsp3) is 0.426. The molecule has 0 radical (unpaired) electrons. The SMILES string of the molecule is c1ccc2c(c1)oc1cc(-c3nc(C45CC6CC(CC(C6)C4)C5)nc(C45CC6C[C@@H]7C[C@@H](C4)[C@@H]7C65)n3)ccc1c1ccccc1c1ccccc21. The van der Waals surface area contributed by atoms with Gasteiger partial charge in [0.2, 0.25) is 0 Å². The lowest BCUT2D eigenvalue weighted by molar-refractivity contribution is -0.0103. The van der Waals surface area contributed by atoms with Crippen LogP contribution in [0.15, 0.2) is 95.4 Å². The molecule has 0 N–H and O–H groups in total. The number of hydrogen-bond donors (Lipinski definition) is 0. The summed E-state index contributed by atoms with van der Waals surface area (Å²) in [5, 5.41) is 7.02. The molecule has 3 unspecified atom stereocenters. The summed E-state index contributed by atoms with van der Waals surface area (Å²) >= 11 is 0. The summed E-state index contributed by atoms with van der Waals surface area (Å²) in [5.74, 6) is 10.2. The van der Waals surface area contributed by atoms with E-state index in [9.17, 15) is 0 Å². The van der Waals surface area contributed by atoms with E-state index in [2.05, 4.69) is 91.0 Å². The predicted molar refractivity (Wildman–Crippen MR) is 203 cm³/mol. The number of aromatic nitrogens is 3. The molecule has 4 heteroatoms. The van der Waals surface area contributed by atoms with Gasteiger partial charge in [-0.2, -0.15) is 0 Å². The number of nitrogens with zero attached hydrogens (tertiary/aromatic N) is 3. The lowest BCUT2D eigenvalue weighted by Gasteiger charge is -2.56. The van der Waals surface area contributed by atoms with Crippen molar-refractivity contribution in [2.24, 2.45) is 47.3 Å². The molecular formula is C47H43N3O. The molecule has 6 aromatic rings. The molecule has 0 amide bonds. The second kappa shape index (κ2) is 9.76. The summed E-state index contributed by atoms with van der Waals surface area (Å²) in [6.45, 7) is 0. The van der Waals surface area contributed by atoms with E-state index in [1.54, 1.807) is 0 Å². The van der Waals surface area contributed by atoms with E-state index in [4.69, 9.17) is 19.4 Å². The van der Waals surface area contributed by atoms with E-state index < -0.39 is 0 Å². The van der Waals surface area contributed by atoms with Gasteiger partial charge in [-0.1, -0.05) is 72.8 Å². The number of rotatable bonds is 3. The summed E-state index contributed by atoms with van der Waals surface area (Å²) < 4.78 is 7.03. The molecule has 14 rings (SSSR count). The van der Waals surface area contributed by atoms with Crippen molar-refractivity contribution in [3.05, 3.63) is 103 Å². The van der Waals surface area contributed by atoms with Crippen LogP contribution in [0, 0.1) is 47.3 Å². The van der Waals surface area contributed by atoms with Crippen LogP contribution < -0.4 is 0 Å². The number of hydrogen-bond acceptors (Lipinski definition) is 4. The van der Waals surface area contributed by atoms with Crippen molar-refractivity contribution in [2.45, 2.75) is 75.0 Å². The molecule has 8 fully saturated rings. The van der Waals surface area contributed by atoms with E-state index in [0.29, 0.717) is 0 Å². The Morgan fingerprint density at radius 3 is 1.76 bits per heavy atom. The van der Waals surface area contributed by atoms with Gasteiger partial charge in [-0.25, -0.2) is 15.0 Å². The van der Waals surface area contributed by atoms with Crippen LogP contribution in [-0.2, 0) is 10.8 Å². The highest BCUT2D eigenvalue weighted by molar-refractivity contribution is 6.18. The summed E-state index contributed by atoms with van der Waals surface area (Å²) in [7, 11) is 0. The molecule has 8 saturated carbocycles. The Morgan fingerprint density at radius 2 is 1.06 bits per heavy atom. The molecule has 4 bridgehead atoms. The minimum Gasteiger partial charge on any atom is -0.456 e. The summed E-state index contributed by atoms with van der Waals surface area (Å²) in [6.07, 6.45) is 13.6. The van der Waals surface area contributed by atoms with E-state index >= 15 is 0 Å². The molecule has 51 heavy (non-hydrogen) atoms. The van der Waals surface area contributed by atoms with Crippen LogP contribution in [0.1, 0.15) is 75.9 Å². The Morgan fingerprint density at radius 1 is 0.490 bits per heavy atom. The lowest BCUT2D eigenvalue weighted by atomic mass is 9.49. The third-order valence-electron chi connectivity index (χ3n) is 15.8. The molecule has 8 aliphatic rings. The normalized spacial score (nSPS) is 36.4. The zero-order valence-electron chi connectivity index (χ0n) is 29.1. The van der Waals surface area contributed by atoms with E-state index in [-0.39, 0.29) is 10.8 Å². The first kappa shape index (κ1) is 28.3. The first-order valence-electron chi connectivity index (χ1n) is 20.0. The van der Waals surface area contributed by atoms with E-state index in [1.165, 1.54) is 85.8 Å². The fourth-order valence-corrected chi connectivity index (χ4v) is 14.4. The van der Waals surface area contributed by atoms with Crippen molar-refractivity contribution < 1.29 is 4.42 Å². The van der Waals surface area contributed by atoms with Gasteiger partial charge < -0.3 is 4.42 Å². The average Bonchev–Trinajstić information content (AvgIpc) is 3.50. The van der Waals surface area contributed by atoms with Crippen LogP contribution in [0.5, 0.6) is 0 Å².